The molecule has 1 saturated heterocycles. The number of methoxy groups -OCH3 is 1. The Labute approximate surface area is 163 Å². The summed E-state index contributed by atoms with van der Waals surface area (Å²) in [7, 11) is 1.35. The van der Waals surface area contributed by atoms with Crippen LogP contribution in [-0.4, -0.2) is 36.0 Å². The fourth-order valence-electron chi connectivity index (χ4n) is 3.27. The van der Waals surface area contributed by atoms with Gasteiger partial charge in [-0.1, -0.05) is 18.9 Å². The predicted octanol–water partition coefficient (Wildman–Crippen LogP) is 3.31. The molecule has 0 spiro atoms. The first kappa shape index (κ1) is 19.6. The van der Waals surface area contributed by atoms with Crippen LogP contribution in [0.5, 0.6) is 5.75 Å². The van der Waals surface area contributed by atoms with Crippen LogP contribution in [0.2, 0.25) is 0 Å². The molecular weight excluding hydrogens is 360 g/mol. The van der Waals surface area contributed by atoms with Crippen LogP contribution in [0.1, 0.15) is 41.6 Å². The fourth-order valence-corrected chi connectivity index (χ4v) is 3.27. The highest BCUT2D eigenvalue weighted by atomic mass is 16.6. The molecule has 8 nitrogen and oxygen atoms in total. The van der Waals surface area contributed by atoms with Gasteiger partial charge in [0.05, 0.1) is 12.0 Å². The third kappa shape index (κ3) is 4.76. The van der Waals surface area contributed by atoms with E-state index >= 15 is 0 Å². The highest BCUT2D eigenvalue weighted by Crippen LogP contribution is 2.27. The average Bonchev–Trinajstić information content (AvgIpc) is 3.01. The molecule has 148 valence electrons. The van der Waals surface area contributed by atoms with Gasteiger partial charge in [-0.25, -0.2) is 4.98 Å². The van der Waals surface area contributed by atoms with Crippen molar-refractivity contribution in [1.82, 2.24) is 10.3 Å². The molecule has 1 aliphatic heterocycles. The van der Waals surface area contributed by atoms with Crippen LogP contribution in [0.25, 0.3) is 0 Å². The zero-order valence-electron chi connectivity index (χ0n) is 15.9. The molecule has 1 aromatic carbocycles. The second kappa shape index (κ2) is 9.16. The first-order valence-electron chi connectivity index (χ1n) is 9.39. The molecule has 0 atom stereocenters. The number of ether oxygens (including phenoxy) is 1. The zero-order valence-corrected chi connectivity index (χ0v) is 15.9. The lowest BCUT2D eigenvalue weighted by atomic mass is 10.1. The van der Waals surface area contributed by atoms with Crippen LogP contribution in [0.15, 0.2) is 36.5 Å². The van der Waals surface area contributed by atoms with E-state index in [9.17, 15) is 14.9 Å². The highest BCUT2D eigenvalue weighted by Gasteiger charge is 2.18. The smallest absolute Gasteiger partial charge is 0.311 e. The van der Waals surface area contributed by atoms with E-state index in [0.717, 1.165) is 24.5 Å². The molecule has 0 unspecified atom stereocenters. The Morgan fingerprint density at radius 2 is 1.96 bits per heavy atom. The maximum absolute atomic E-state index is 12.3. The molecule has 1 fully saturated rings. The van der Waals surface area contributed by atoms with Crippen LogP contribution < -0.4 is 15.0 Å². The van der Waals surface area contributed by atoms with Gasteiger partial charge in [0.15, 0.2) is 5.75 Å². The number of nitro groups is 1. The number of nitro benzene ring substituents is 1. The minimum Gasteiger partial charge on any atom is -0.490 e. The number of pyridine rings is 1. The molecule has 0 saturated carbocycles. The molecule has 3 rings (SSSR count). The van der Waals surface area contributed by atoms with Gasteiger partial charge in [-0.05, 0) is 36.6 Å². The quantitative estimate of drug-likeness (QED) is 0.606. The number of amides is 1. The van der Waals surface area contributed by atoms with Crippen LogP contribution in [0, 0.1) is 10.1 Å². The van der Waals surface area contributed by atoms with Crippen LogP contribution >= 0.6 is 0 Å². The minimum atomic E-state index is -0.568. The maximum atomic E-state index is 12.3. The van der Waals surface area contributed by atoms with E-state index < -0.39 is 4.92 Å². The summed E-state index contributed by atoms with van der Waals surface area (Å²) in [6.07, 6.45) is 6.67. The lowest BCUT2D eigenvalue weighted by Gasteiger charge is -2.21. The van der Waals surface area contributed by atoms with Gasteiger partial charge < -0.3 is 15.0 Å². The van der Waals surface area contributed by atoms with Gasteiger partial charge in [-0.2, -0.15) is 0 Å². The molecule has 1 amide bonds. The van der Waals surface area contributed by atoms with Gasteiger partial charge in [0.2, 0.25) is 0 Å². The number of carbonyl (C=O) groups is 1. The average molecular weight is 384 g/mol. The fraction of sp³-hybridized carbons (Fsp3) is 0.400. The van der Waals surface area contributed by atoms with E-state index in [1.165, 1.54) is 51.0 Å². The van der Waals surface area contributed by atoms with Gasteiger partial charge in [0.1, 0.15) is 5.82 Å². The van der Waals surface area contributed by atoms with Crippen molar-refractivity contribution >= 4 is 17.4 Å². The molecule has 0 bridgehead atoms. The standard InChI is InChI=1S/C20H24N4O4/c1-28-18-8-7-16(12-17(18)24(26)27)20(25)22-14-15-6-9-19(21-13-15)23-10-4-2-3-5-11-23/h6-9,12-13H,2-5,10-11,14H2,1H3,(H,22,25). The van der Waals surface area contributed by atoms with Gasteiger partial charge in [-0.15, -0.1) is 0 Å². The normalized spacial score (nSPS) is 14.2. The maximum Gasteiger partial charge on any atom is 0.311 e. The van der Waals surface area contributed by atoms with Crippen molar-refractivity contribution in [3.8, 4) is 5.75 Å². The van der Waals surface area contributed by atoms with Crippen molar-refractivity contribution in [1.29, 1.82) is 0 Å². The summed E-state index contributed by atoms with van der Waals surface area (Å²) < 4.78 is 4.95. The number of nitrogens with zero attached hydrogens (tertiary/aromatic N) is 3. The molecule has 1 N–H and O–H groups in total. The van der Waals surface area contributed by atoms with E-state index in [4.69, 9.17) is 4.74 Å². The first-order chi connectivity index (χ1) is 13.6. The molecule has 8 heteroatoms. The van der Waals surface area contributed by atoms with E-state index in [2.05, 4.69) is 15.2 Å². The monoisotopic (exact) mass is 384 g/mol. The van der Waals surface area contributed by atoms with Gasteiger partial charge >= 0.3 is 5.69 Å². The Morgan fingerprint density at radius 3 is 2.57 bits per heavy atom. The first-order valence-corrected chi connectivity index (χ1v) is 9.39. The topological polar surface area (TPSA) is 97.6 Å². The number of nitrogens with one attached hydrogen (secondary N) is 1. The summed E-state index contributed by atoms with van der Waals surface area (Å²) in [4.78, 5) is 29.7. The van der Waals surface area contributed by atoms with Crippen LogP contribution in [-0.2, 0) is 6.54 Å². The molecule has 0 radical (unpaired) electrons. The van der Waals surface area contributed by atoms with Crippen molar-refractivity contribution in [3.05, 3.63) is 57.8 Å². The van der Waals surface area contributed by atoms with Crippen molar-refractivity contribution in [2.75, 3.05) is 25.1 Å². The molecule has 1 aliphatic rings. The summed E-state index contributed by atoms with van der Waals surface area (Å²) in [6, 6.07) is 8.07. The number of rotatable bonds is 6. The number of hydrogen-bond acceptors (Lipinski definition) is 6. The SMILES string of the molecule is COc1ccc(C(=O)NCc2ccc(N3CCCCCC3)nc2)cc1[N+](=O)[O-]. The second-order valence-corrected chi connectivity index (χ2v) is 6.75. The van der Waals surface area contributed by atoms with Crippen molar-refractivity contribution in [3.63, 3.8) is 0 Å². The summed E-state index contributed by atoms with van der Waals surface area (Å²) in [5.74, 6) is 0.694. The molecule has 28 heavy (non-hydrogen) atoms. The minimum absolute atomic E-state index is 0.120. The molecule has 2 aromatic rings. The van der Waals surface area contributed by atoms with E-state index in [1.54, 1.807) is 6.20 Å². The lowest BCUT2D eigenvalue weighted by molar-refractivity contribution is -0.385. The second-order valence-electron chi connectivity index (χ2n) is 6.75. The molecule has 2 heterocycles. The van der Waals surface area contributed by atoms with Crippen molar-refractivity contribution in [2.45, 2.75) is 32.2 Å². The van der Waals surface area contributed by atoms with Crippen molar-refractivity contribution < 1.29 is 14.5 Å². The Hall–Kier alpha value is -3.16. The van der Waals surface area contributed by atoms with Gasteiger partial charge in [0.25, 0.3) is 5.91 Å². The summed E-state index contributed by atoms with van der Waals surface area (Å²) in [5, 5.41) is 13.9. The van der Waals surface area contributed by atoms with Gasteiger partial charge in [-0.3, -0.25) is 14.9 Å². The Morgan fingerprint density at radius 1 is 1.21 bits per heavy atom. The van der Waals surface area contributed by atoms with Gasteiger partial charge in [0, 0.05) is 37.5 Å². The van der Waals surface area contributed by atoms with E-state index in [0.29, 0.717) is 6.54 Å². The van der Waals surface area contributed by atoms with E-state index in [1.807, 2.05) is 12.1 Å². The lowest BCUT2D eigenvalue weighted by Crippen LogP contribution is -2.25. The van der Waals surface area contributed by atoms with Crippen molar-refractivity contribution in [2.24, 2.45) is 0 Å². The number of benzene rings is 1. The number of carbonyl (C=O) groups excluding carboxylic acids is 1. The number of aromatic nitrogens is 1. The summed E-state index contributed by atoms with van der Waals surface area (Å²) in [6.45, 7) is 2.35. The number of anilines is 1. The third-order valence-electron chi connectivity index (χ3n) is 4.83. The Kier molecular flexibility index (Phi) is 6.41. The zero-order chi connectivity index (χ0) is 19.9. The Balaban J connectivity index is 1.61. The molecular formula is C20H24N4O4. The van der Waals surface area contributed by atoms with Crippen LogP contribution in [0.4, 0.5) is 11.5 Å². The largest absolute Gasteiger partial charge is 0.490 e. The summed E-state index contributed by atoms with van der Waals surface area (Å²) in [5.41, 5.74) is 0.843. The Bertz CT molecular complexity index is 831. The molecule has 0 aliphatic carbocycles. The predicted molar refractivity (Wildman–Crippen MR) is 106 cm³/mol. The third-order valence-corrected chi connectivity index (χ3v) is 4.83. The number of hydrogen-bond donors (Lipinski definition) is 1. The van der Waals surface area contributed by atoms with Crippen LogP contribution in [0.3, 0.4) is 0 Å². The van der Waals surface area contributed by atoms with E-state index in [-0.39, 0.29) is 22.9 Å². The molecule has 1 aromatic heterocycles. The highest BCUT2D eigenvalue weighted by molar-refractivity contribution is 5.95. The summed E-state index contributed by atoms with van der Waals surface area (Å²) >= 11 is 0.